The maximum atomic E-state index is 13.0. The summed E-state index contributed by atoms with van der Waals surface area (Å²) in [6.45, 7) is 2.39. The van der Waals surface area contributed by atoms with Crippen LogP contribution in [0.3, 0.4) is 0 Å². The maximum absolute atomic E-state index is 13.0. The minimum atomic E-state index is -0.306. The van der Waals surface area contributed by atoms with Gasteiger partial charge < -0.3 is 5.32 Å². The second-order valence-corrected chi connectivity index (χ2v) is 6.48. The highest BCUT2D eigenvalue weighted by Crippen LogP contribution is 2.25. The van der Waals surface area contributed by atoms with Crippen LogP contribution in [0.15, 0.2) is 75.4 Å². The number of benzene rings is 2. The highest BCUT2D eigenvalue weighted by atomic mass is 32.2. The molecule has 1 aromatic heterocycles. The molecule has 7 heteroatoms. The van der Waals surface area contributed by atoms with Gasteiger partial charge >= 0.3 is 0 Å². The maximum Gasteiger partial charge on any atom is 0.271 e. The summed E-state index contributed by atoms with van der Waals surface area (Å²) < 4.78 is 14.3. The number of carbonyl (C=O) groups is 1. The molecule has 132 valence electrons. The van der Waals surface area contributed by atoms with Crippen molar-refractivity contribution < 1.29 is 9.18 Å². The van der Waals surface area contributed by atoms with Gasteiger partial charge in [0, 0.05) is 23.1 Å². The lowest BCUT2D eigenvalue weighted by molar-refractivity contribution is 0.0956. The second kappa shape index (κ2) is 7.97. The molecule has 0 aliphatic rings. The minimum absolute atomic E-state index is 0.167. The van der Waals surface area contributed by atoms with Crippen LogP contribution in [0.4, 0.5) is 4.39 Å². The summed E-state index contributed by atoms with van der Waals surface area (Å²) in [4.78, 5) is 24.8. The summed E-state index contributed by atoms with van der Waals surface area (Å²) in [7, 11) is 0. The van der Waals surface area contributed by atoms with Crippen molar-refractivity contribution in [3.05, 3.63) is 82.4 Å². The summed E-state index contributed by atoms with van der Waals surface area (Å²) in [6.07, 6.45) is 0. The van der Waals surface area contributed by atoms with E-state index in [2.05, 4.69) is 10.4 Å². The standard InChI is InChI=1S/C19H16FN3O2S/c1-2-21-19(25)13-3-7-15(8-4-13)23-18(24)12-11-17(22-23)26-16-9-5-14(20)6-10-16/h3-12H,2H2,1H3,(H,21,25). The molecule has 0 radical (unpaired) electrons. The molecule has 5 nitrogen and oxygen atoms in total. The third kappa shape index (κ3) is 4.18. The van der Waals surface area contributed by atoms with Gasteiger partial charge in [-0.15, -0.1) is 0 Å². The zero-order valence-electron chi connectivity index (χ0n) is 14.0. The molecule has 0 atom stereocenters. The van der Waals surface area contributed by atoms with E-state index in [4.69, 9.17) is 0 Å². The van der Waals surface area contributed by atoms with Crippen LogP contribution in [0, 0.1) is 5.82 Å². The van der Waals surface area contributed by atoms with Gasteiger partial charge in [-0.25, -0.2) is 4.39 Å². The molecule has 0 aliphatic heterocycles. The number of nitrogens with one attached hydrogen (secondary N) is 1. The smallest absolute Gasteiger partial charge is 0.271 e. The first-order chi connectivity index (χ1) is 12.6. The van der Waals surface area contributed by atoms with Crippen LogP contribution in [0.2, 0.25) is 0 Å². The van der Waals surface area contributed by atoms with Gasteiger partial charge in [0.05, 0.1) is 5.69 Å². The summed E-state index contributed by atoms with van der Waals surface area (Å²) in [5.41, 5.74) is 0.796. The van der Waals surface area contributed by atoms with Crippen molar-refractivity contribution in [1.82, 2.24) is 15.1 Å². The van der Waals surface area contributed by atoms with Gasteiger partial charge in [-0.05, 0) is 61.5 Å². The van der Waals surface area contributed by atoms with Crippen molar-refractivity contribution in [3.63, 3.8) is 0 Å². The third-order valence-corrected chi connectivity index (χ3v) is 4.46. The van der Waals surface area contributed by atoms with Crippen LogP contribution in [0.5, 0.6) is 0 Å². The van der Waals surface area contributed by atoms with E-state index in [-0.39, 0.29) is 17.3 Å². The quantitative estimate of drug-likeness (QED) is 0.750. The molecule has 0 aliphatic carbocycles. The van der Waals surface area contributed by atoms with E-state index in [9.17, 15) is 14.0 Å². The van der Waals surface area contributed by atoms with E-state index in [0.717, 1.165) is 4.90 Å². The molecule has 0 saturated carbocycles. The van der Waals surface area contributed by atoms with E-state index in [1.807, 2.05) is 6.92 Å². The molecular formula is C19H16FN3O2S. The van der Waals surface area contributed by atoms with Gasteiger partial charge in [0.2, 0.25) is 0 Å². The monoisotopic (exact) mass is 369 g/mol. The lowest BCUT2D eigenvalue weighted by Crippen LogP contribution is -2.23. The lowest BCUT2D eigenvalue weighted by Gasteiger charge is -2.08. The fourth-order valence-corrected chi connectivity index (χ4v) is 3.05. The molecule has 0 fully saturated rings. The number of rotatable bonds is 5. The molecule has 1 N–H and O–H groups in total. The number of amides is 1. The molecule has 1 amide bonds. The number of aromatic nitrogens is 2. The Morgan fingerprint density at radius 2 is 1.77 bits per heavy atom. The van der Waals surface area contributed by atoms with Crippen LogP contribution in [0.25, 0.3) is 5.69 Å². The number of hydrogen-bond acceptors (Lipinski definition) is 4. The van der Waals surface area contributed by atoms with Gasteiger partial charge in [-0.2, -0.15) is 9.78 Å². The average molecular weight is 369 g/mol. The van der Waals surface area contributed by atoms with E-state index in [1.165, 1.54) is 34.6 Å². The Labute approximate surface area is 153 Å². The molecule has 3 aromatic rings. The molecule has 0 spiro atoms. The normalized spacial score (nSPS) is 10.5. The summed E-state index contributed by atoms with van der Waals surface area (Å²) in [6, 6.07) is 15.7. The molecule has 2 aromatic carbocycles. The van der Waals surface area contributed by atoms with Crippen LogP contribution >= 0.6 is 11.8 Å². The van der Waals surface area contributed by atoms with Gasteiger partial charge in [-0.3, -0.25) is 9.59 Å². The Kier molecular flexibility index (Phi) is 5.48. The van der Waals surface area contributed by atoms with Crippen LogP contribution in [-0.4, -0.2) is 22.2 Å². The molecule has 0 bridgehead atoms. The van der Waals surface area contributed by atoms with Crippen LogP contribution < -0.4 is 10.9 Å². The number of nitrogens with zero attached hydrogens (tertiary/aromatic N) is 2. The fourth-order valence-electron chi connectivity index (χ4n) is 2.27. The molecule has 26 heavy (non-hydrogen) atoms. The Hall–Kier alpha value is -2.93. The first-order valence-electron chi connectivity index (χ1n) is 7.99. The van der Waals surface area contributed by atoms with Crippen LogP contribution in [0.1, 0.15) is 17.3 Å². The number of hydrogen-bond donors (Lipinski definition) is 1. The predicted octanol–water partition coefficient (Wildman–Crippen LogP) is 3.27. The van der Waals surface area contributed by atoms with Crippen molar-refractivity contribution in [2.75, 3.05) is 6.54 Å². The van der Waals surface area contributed by atoms with E-state index in [0.29, 0.717) is 22.8 Å². The van der Waals surface area contributed by atoms with Crippen molar-refractivity contribution in [3.8, 4) is 5.69 Å². The summed E-state index contributed by atoms with van der Waals surface area (Å²) in [5, 5.41) is 7.66. The highest BCUT2D eigenvalue weighted by molar-refractivity contribution is 7.99. The Bertz CT molecular complexity index is 969. The highest BCUT2D eigenvalue weighted by Gasteiger charge is 2.08. The molecule has 0 unspecified atom stereocenters. The van der Waals surface area contributed by atoms with Gasteiger partial charge in [-0.1, -0.05) is 11.8 Å². The van der Waals surface area contributed by atoms with Crippen molar-refractivity contribution in [2.24, 2.45) is 0 Å². The van der Waals surface area contributed by atoms with E-state index < -0.39 is 0 Å². The fraction of sp³-hybridized carbons (Fsp3) is 0.105. The Morgan fingerprint density at radius 1 is 1.08 bits per heavy atom. The second-order valence-electron chi connectivity index (χ2n) is 5.38. The van der Waals surface area contributed by atoms with Gasteiger partial charge in [0.15, 0.2) is 0 Å². The van der Waals surface area contributed by atoms with Crippen molar-refractivity contribution in [1.29, 1.82) is 0 Å². The van der Waals surface area contributed by atoms with Gasteiger partial charge in [0.1, 0.15) is 10.8 Å². The molecular weight excluding hydrogens is 353 g/mol. The first kappa shape index (κ1) is 17.9. The largest absolute Gasteiger partial charge is 0.352 e. The van der Waals surface area contributed by atoms with Crippen LogP contribution in [-0.2, 0) is 0 Å². The molecule has 3 rings (SSSR count). The Morgan fingerprint density at radius 3 is 2.42 bits per heavy atom. The Balaban J connectivity index is 1.86. The zero-order valence-corrected chi connectivity index (χ0v) is 14.8. The summed E-state index contributed by atoms with van der Waals surface area (Å²) >= 11 is 1.33. The predicted molar refractivity (Wildman–Crippen MR) is 98.4 cm³/mol. The summed E-state index contributed by atoms with van der Waals surface area (Å²) in [5.74, 6) is -0.473. The lowest BCUT2D eigenvalue weighted by atomic mass is 10.2. The average Bonchev–Trinajstić information content (AvgIpc) is 2.65. The van der Waals surface area contributed by atoms with Crippen molar-refractivity contribution in [2.45, 2.75) is 16.8 Å². The van der Waals surface area contributed by atoms with Gasteiger partial charge in [0.25, 0.3) is 11.5 Å². The zero-order chi connectivity index (χ0) is 18.5. The van der Waals surface area contributed by atoms with E-state index >= 15 is 0 Å². The van der Waals surface area contributed by atoms with E-state index in [1.54, 1.807) is 42.5 Å². The first-order valence-corrected chi connectivity index (χ1v) is 8.81. The molecule has 1 heterocycles. The minimum Gasteiger partial charge on any atom is -0.352 e. The number of carbonyl (C=O) groups excluding carboxylic acids is 1. The molecule has 0 saturated heterocycles. The topological polar surface area (TPSA) is 64.0 Å². The van der Waals surface area contributed by atoms with Crippen molar-refractivity contribution >= 4 is 17.7 Å². The number of halogens is 1. The SMILES string of the molecule is CCNC(=O)c1ccc(-n2nc(Sc3ccc(F)cc3)ccc2=O)cc1. The third-order valence-electron chi connectivity index (χ3n) is 3.52.